The lowest BCUT2D eigenvalue weighted by atomic mass is 10.3. The zero-order valence-electron chi connectivity index (χ0n) is 11.2. The van der Waals surface area contributed by atoms with Gasteiger partial charge in [0, 0.05) is 10.7 Å². The topological polar surface area (TPSA) is 69.9 Å². The molecule has 0 aliphatic carbocycles. The van der Waals surface area contributed by atoms with Gasteiger partial charge in [0.1, 0.15) is 6.33 Å². The van der Waals surface area contributed by atoms with E-state index in [4.69, 9.17) is 4.74 Å². The van der Waals surface area contributed by atoms with Crippen molar-refractivity contribution in [3.05, 3.63) is 47.0 Å². The van der Waals surface area contributed by atoms with E-state index in [0.717, 1.165) is 10.2 Å². The zero-order valence-corrected chi connectivity index (χ0v) is 12.7. The lowest BCUT2D eigenvalue weighted by molar-refractivity contribution is 0.0521. The number of fused-ring (bicyclic) bond motifs is 1. The number of carbonyl (C=O) groups is 1. The fraction of sp³-hybridized carbons (Fsp3) is 0.143. The third-order valence-corrected chi connectivity index (χ3v) is 3.36. The van der Waals surface area contributed by atoms with Crippen molar-refractivity contribution in [3.63, 3.8) is 0 Å². The Morgan fingerprint density at radius 3 is 3.05 bits per heavy atom. The van der Waals surface area contributed by atoms with E-state index in [1.165, 1.54) is 6.33 Å². The Hall–Kier alpha value is -2.28. The van der Waals surface area contributed by atoms with Crippen LogP contribution >= 0.6 is 15.9 Å². The third kappa shape index (κ3) is 2.52. The van der Waals surface area contributed by atoms with Crippen LogP contribution < -0.4 is 0 Å². The highest BCUT2D eigenvalue weighted by Crippen LogP contribution is 2.22. The lowest BCUT2D eigenvalue weighted by Crippen LogP contribution is -2.07. The summed E-state index contributed by atoms with van der Waals surface area (Å²) in [5.74, 6) is -0.481. The molecule has 0 spiro atoms. The van der Waals surface area contributed by atoms with E-state index < -0.39 is 5.97 Å². The van der Waals surface area contributed by atoms with Crippen LogP contribution in [0.4, 0.5) is 0 Å². The Morgan fingerprint density at radius 2 is 2.29 bits per heavy atom. The van der Waals surface area contributed by atoms with Gasteiger partial charge in [-0.05, 0) is 25.1 Å². The van der Waals surface area contributed by atoms with Crippen LogP contribution in [0.25, 0.3) is 16.7 Å². The van der Waals surface area contributed by atoms with Gasteiger partial charge in [-0.15, -0.1) is 0 Å². The summed E-state index contributed by atoms with van der Waals surface area (Å²) in [6.07, 6.45) is 2.99. The number of hydrogen-bond acceptors (Lipinski definition) is 5. The number of ether oxygens (including phenoxy) is 1. The molecule has 0 aliphatic heterocycles. The molecule has 3 rings (SSSR count). The van der Waals surface area contributed by atoms with E-state index >= 15 is 0 Å². The summed E-state index contributed by atoms with van der Waals surface area (Å²) in [6.45, 7) is 2.04. The minimum Gasteiger partial charge on any atom is -0.461 e. The summed E-state index contributed by atoms with van der Waals surface area (Å²) in [6, 6.07) is 7.58. The maximum absolute atomic E-state index is 12.0. The quantitative estimate of drug-likeness (QED) is 0.682. The molecule has 0 saturated heterocycles. The number of hydrogen-bond donors (Lipinski definition) is 0. The van der Waals surface area contributed by atoms with E-state index in [1.54, 1.807) is 17.8 Å². The van der Waals surface area contributed by atoms with Crippen LogP contribution in [0.15, 0.2) is 41.3 Å². The molecule has 21 heavy (non-hydrogen) atoms. The summed E-state index contributed by atoms with van der Waals surface area (Å²) in [5, 5.41) is 4.90. The molecule has 0 saturated carbocycles. The van der Waals surface area contributed by atoms with Crippen molar-refractivity contribution in [3.8, 4) is 5.69 Å². The number of aromatic nitrogens is 4. The predicted molar refractivity (Wildman–Crippen MR) is 80.3 cm³/mol. The molecule has 0 bridgehead atoms. The van der Waals surface area contributed by atoms with Gasteiger partial charge in [-0.2, -0.15) is 5.10 Å². The van der Waals surface area contributed by atoms with Gasteiger partial charge in [0.05, 0.1) is 17.7 Å². The molecular weight excluding hydrogens is 336 g/mol. The molecule has 2 heterocycles. The van der Waals surface area contributed by atoms with E-state index in [2.05, 4.69) is 31.0 Å². The van der Waals surface area contributed by atoms with Crippen molar-refractivity contribution in [2.45, 2.75) is 6.92 Å². The van der Waals surface area contributed by atoms with Crippen molar-refractivity contribution in [1.29, 1.82) is 0 Å². The number of esters is 1. The monoisotopic (exact) mass is 346 g/mol. The largest absolute Gasteiger partial charge is 0.461 e. The second-order valence-electron chi connectivity index (χ2n) is 4.22. The van der Waals surface area contributed by atoms with Crippen LogP contribution in [0.3, 0.4) is 0 Å². The number of benzene rings is 1. The number of halogens is 1. The van der Waals surface area contributed by atoms with Gasteiger partial charge in [0.2, 0.25) is 0 Å². The first-order chi connectivity index (χ1) is 10.2. The summed E-state index contributed by atoms with van der Waals surface area (Å²) in [4.78, 5) is 20.2. The molecule has 7 heteroatoms. The first-order valence-corrected chi connectivity index (χ1v) is 7.12. The van der Waals surface area contributed by atoms with Gasteiger partial charge in [-0.3, -0.25) is 0 Å². The number of carbonyl (C=O) groups excluding carboxylic acids is 1. The van der Waals surface area contributed by atoms with Crippen molar-refractivity contribution < 1.29 is 9.53 Å². The maximum atomic E-state index is 12.0. The predicted octanol–water partition coefficient (Wildman–Crippen LogP) is 2.75. The first kappa shape index (κ1) is 13.7. The van der Waals surface area contributed by atoms with Crippen LogP contribution in [-0.4, -0.2) is 32.3 Å². The Labute approximate surface area is 128 Å². The highest BCUT2D eigenvalue weighted by atomic mass is 79.9. The summed E-state index contributed by atoms with van der Waals surface area (Å²) in [7, 11) is 0. The second-order valence-corrected chi connectivity index (χ2v) is 5.14. The fourth-order valence-corrected chi connectivity index (χ4v) is 2.39. The molecule has 6 nitrogen and oxygen atoms in total. The number of rotatable bonds is 3. The highest BCUT2D eigenvalue weighted by molar-refractivity contribution is 9.10. The Balaban J connectivity index is 2.22. The fourth-order valence-electron chi connectivity index (χ4n) is 2.00. The van der Waals surface area contributed by atoms with Crippen LogP contribution in [0.5, 0.6) is 0 Å². The van der Waals surface area contributed by atoms with Gasteiger partial charge < -0.3 is 4.74 Å². The van der Waals surface area contributed by atoms with E-state index in [1.807, 2.05) is 24.3 Å². The first-order valence-electron chi connectivity index (χ1n) is 6.32. The van der Waals surface area contributed by atoms with Crippen LogP contribution in [0, 0.1) is 0 Å². The van der Waals surface area contributed by atoms with E-state index in [-0.39, 0.29) is 12.3 Å². The molecule has 3 aromatic rings. The highest BCUT2D eigenvalue weighted by Gasteiger charge is 2.20. The summed E-state index contributed by atoms with van der Waals surface area (Å²) in [5.41, 5.74) is 1.57. The Morgan fingerprint density at radius 1 is 1.43 bits per heavy atom. The van der Waals surface area contributed by atoms with Gasteiger partial charge in [-0.25, -0.2) is 19.4 Å². The summed E-state index contributed by atoms with van der Waals surface area (Å²) >= 11 is 3.42. The van der Waals surface area contributed by atoms with Crippen molar-refractivity contribution >= 4 is 32.9 Å². The molecule has 0 N–H and O–H groups in total. The van der Waals surface area contributed by atoms with E-state index in [0.29, 0.717) is 11.0 Å². The maximum Gasteiger partial charge on any atom is 0.359 e. The molecule has 0 radical (unpaired) electrons. The van der Waals surface area contributed by atoms with Gasteiger partial charge >= 0.3 is 5.97 Å². The molecule has 0 fully saturated rings. The summed E-state index contributed by atoms with van der Waals surface area (Å²) < 4.78 is 7.55. The van der Waals surface area contributed by atoms with Crippen LogP contribution in [0.1, 0.15) is 17.4 Å². The standard InChI is InChI=1S/C14H11BrN4O2/c1-2-21-14(20)12-11-7-16-8-17-13(11)19(18-12)10-5-3-4-9(15)6-10/h3-8H,2H2,1H3. The molecule has 2 aromatic heterocycles. The van der Waals surface area contributed by atoms with Crippen molar-refractivity contribution in [2.24, 2.45) is 0 Å². The van der Waals surface area contributed by atoms with E-state index in [9.17, 15) is 4.79 Å². The second kappa shape index (κ2) is 5.61. The zero-order chi connectivity index (χ0) is 14.8. The van der Waals surface area contributed by atoms with Crippen LogP contribution in [-0.2, 0) is 4.74 Å². The normalized spacial score (nSPS) is 10.8. The Kier molecular flexibility index (Phi) is 3.66. The molecule has 0 amide bonds. The lowest BCUT2D eigenvalue weighted by Gasteiger charge is -2.02. The molecule has 0 unspecified atom stereocenters. The molecule has 1 aromatic carbocycles. The minimum absolute atomic E-state index is 0.215. The molecule has 0 aliphatic rings. The molecule has 106 valence electrons. The van der Waals surface area contributed by atoms with Gasteiger partial charge in [-0.1, -0.05) is 22.0 Å². The van der Waals surface area contributed by atoms with Gasteiger partial charge in [0.25, 0.3) is 0 Å². The Bertz CT molecular complexity index is 816. The third-order valence-electron chi connectivity index (χ3n) is 2.87. The van der Waals surface area contributed by atoms with Crippen molar-refractivity contribution in [1.82, 2.24) is 19.7 Å². The van der Waals surface area contributed by atoms with Crippen LogP contribution in [0.2, 0.25) is 0 Å². The molecule has 0 atom stereocenters. The van der Waals surface area contributed by atoms with Crippen molar-refractivity contribution in [2.75, 3.05) is 6.61 Å². The molecular formula is C14H11BrN4O2. The average molecular weight is 347 g/mol. The minimum atomic E-state index is -0.481. The number of nitrogens with zero attached hydrogens (tertiary/aromatic N) is 4. The van der Waals surface area contributed by atoms with Gasteiger partial charge in [0.15, 0.2) is 11.3 Å². The average Bonchev–Trinajstić information content (AvgIpc) is 2.87. The SMILES string of the molecule is CCOC(=O)c1nn(-c2cccc(Br)c2)c2ncncc12. The smallest absolute Gasteiger partial charge is 0.359 e.